The Labute approximate surface area is 171 Å². The second-order valence-corrected chi connectivity index (χ2v) is 8.42. The minimum Gasteiger partial charge on any atom is -0.455 e. The summed E-state index contributed by atoms with van der Waals surface area (Å²) in [5.74, 6) is -0.459. The van der Waals surface area contributed by atoms with E-state index in [-0.39, 0.29) is 30.3 Å². The van der Waals surface area contributed by atoms with Crippen LogP contribution < -0.4 is 5.32 Å². The largest absolute Gasteiger partial charge is 0.455 e. The van der Waals surface area contributed by atoms with Crippen molar-refractivity contribution in [3.8, 4) is 0 Å². The highest BCUT2D eigenvalue weighted by Gasteiger charge is 2.14. The standard InChI is InChI=1S/C23H27NO3S/c1-15-7-8-19(11-16(15)2)17(3)24-22(25)13-27-23(26)14-28-21-10-9-18-5-4-6-20(18)12-21/h7-12,17H,4-6,13-14H2,1-3H3,(H,24,25)/t17-/m0/s1. The zero-order chi connectivity index (χ0) is 20.1. The van der Waals surface area contributed by atoms with Crippen molar-refractivity contribution in [3.05, 3.63) is 64.2 Å². The molecule has 0 aliphatic heterocycles. The number of ether oxygens (including phenoxy) is 1. The topological polar surface area (TPSA) is 55.4 Å². The number of hydrogen-bond acceptors (Lipinski definition) is 4. The van der Waals surface area contributed by atoms with Gasteiger partial charge in [0, 0.05) is 4.90 Å². The van der Waals surface area contributed by atoms with Crippen molar-refractivity contribution in [2.45, 2.75) is 51.0 Å². The molecule has 5 heteroatoms. The molecule has 0 saturated carbocycles. The van der Waals surface area contributed by atoms with E-state index < -0.39 is 0 Å². The van der Waals surface area contributed by atoms with E-state index in [9.17, 15) is 9.59 Å². The molecule has 1 aliphatic carbocycles. The summed E-state index contributed by atoms with van der Waals surface area (Å²) >= 11 is 1.45. The van der Waals surface area contributed by atoms with Gasteiger partial charge < -0.3 is 10.1 Å². The number of aryl methyl sites for hydroxylation is 4. The lowest BCUT2D eigenvalue weighted by molar-refractivity contribution is -0.146. The number of carbonyl (C=O) groups is 2. The summed E-state index contributed by atoms with van der Waals surface area (Å²) in [7, 11) is 0. The van der Waals surface area contributed by atoms with Crippen LogP contribution in [0.15, 0.2) is 41.3 Å². The van der Waals surface area contributed by atoms with Crippen LogP contribution in [0.2, 0.25) is 0 Å². The molecule has 28 heavy (non-hydrogen) atoms. The van der Waals surface area contributed by atoms with Gasteiger partial charge in [-0.25, -0.2) is 0 Å². The van der Waals surface area contributed by atoms with Crippen molar-refractivity contribution in [2.24, 2.45) is 0 Å². The van der Waals surface area contributed by atoms with Gasteiger partial charge in [-0.3, -0.25) is 9.59 Å². The number of hydrogen-bond donors (Lipinski definition) is 1. The third kappa shape index (κ3) is 5.38. The zero-order valence-corrected chi connectivity index (χ0v) is 17.5. The van der Waals surface area contributed by atoms with Gasteiger partial charge in [-0.05, 0) is 80.0 Å². The number of esters is 1. The van der Waals surface area contributed by atoms with Crippen LogP contribution in [0.25, 0.3) is 0 Å². The maximum absolute atomic E-state index is 12.1. The Bertz CT molecular complexity index is 878. The maximum atomic E-state index is 12.1. The molecule has 0 spiro atoms. The monoisotopic (exact) mass is 397 g/mol. The second-order valence-electron chi connectivity index (χ2n) is 7.37. The molecule has 2 aromatic rings. The van der Waals surface area contributed by atoms with Crippen molar-refractivity contribution >= 4 is 23.6 Å². The first-order chi connectivity index (χ1) is 13.4. The highest BCUT2D eigenvalue weighted by atomic mass is 32.2. The molecule has 1 atom stereocenters. The predicted octanol–water partition coefficient (Wildman–Crippen LogP) is 4.30. The summed E-state index contributed by atoms with van der Waals surface area (Å²) in [6.45, 7) is 5.78. The van der Waals surface area contributed by atoms with Crippen LogP contribution in [-0.2, 0) is 27.2 Å². The summed E-state index contributed by atoms with van der Waals surface area (Å²) in [6, 6.07) is 12.4. The smallest absolute Gasteiger partial charge is 0.316 e. The molecule has 0 unspecified atom stereocenters. The van der Waals surface area contributed by atoms with E-state index in [1.165, 1.54) is 40.4 Å². The number of amides is 1. The first kappa shape index (κ1) is 20.5. The van der Waals surface area contributed by atoms with E-state index in [1.807, 2.05) is 26.0 Å². The van der Waals surface area contributed by atoms with Crippen LogP contribution in [0.3, 0.4) is 0 Å². The molecule has 148 valence electrons. The molecule has 0 saturated heterocycles. The SMILES string of the molecule is Cc1ccc([C@H](C)NC(=O)COC(=O)CSc2ccc3c(c2)CCC3)cc1C. The van der Waals surface area contributed by atoms with Crippen molar-refractivity contribution in [2.75, 3.05) is 12.4 Å². The van der Waals surface area contributed by atoms with E-state index in [0.717, 1.165) is 23.3 Å². The van der Waals surface area contributed by atoms with E-state index in [4.69, 9.17) is 4.74 Å². The minimum atomic E-state index is -0.375. The highest BCUT2D eigenvalue weighted by molar-refractivity contribution is 8.00. The summed E-state index contributed by atoms with van der Waals surface area (Å²) in [5.41, 5.74) is 6.25. The quantitative estimate of drug-likeness (QED) is 0.559. The maximum Gasteiger partial charge on any atom is 0.316 e. The van der Waals surface area contributed by atoms with E-state index in [1.54, 1.807) is 0 Å². The van der Waals surface area contributed by atoms with Gasteiger partial charge in [0.15, 0.2) is 6.61 Å². The number of nitrogens with one attached hydrogen (secondary N) is 1. The van der Waals surface area contributed by atoms with Crippen LogP contribution in [0.4, 0.5) is 0 Å². The minimum absolute atomic E-state index is 0.133. The van der Waals surface area contributed by atoms with Crippen LogP contribution in [0.1, 0.15) is 47.2 Å². The average Bonchev–Trinajstić information content (AvgIpc) is 3.14. The molecule has 4 nitrogen and oxygen atoms in total. The number of benzene rings is 2. The number of fused-ring (bicyclic) bond motifs is 1. The Balaban J connectivity index is 1.41. The van der Waals surface area contributed by atoms with Crippen molar-refractivity contribution in [3.63, 3.8) is 0 Å². The summed E-state index contributed by atoms with van der Waals surface area (Å²) in [5, 5.41) is 2.88. The van der Waals surface area contributed by atoms with Gasteiger partial charge in [-0.1, -0.05) is 24.3 Å². The molecular weight excluding hydrogens is 370 g/mol. The van der Waals surface area contributed by atoms with Crippen LogP contribution in [0.5, 0.6) is 0 Å². The Morgan fingerprint density at radius 2 is 1.86 bits per heavy atom. The molecule has 3 rings (SSSR count). The first-order valence-corrected chi connectivity index (χ1v) is 10.7. The molecule has 2 aromatic carbocycles. The fourth-order valence-corrected chi connectivity index (χ4v) is 4.13. The lowest BCUT2D eigenvalue weighted by Gasteiger charge is -2.15. The van der Waals surface area contributed by atoms with E-state index in [2.05, 4.69) is 36.5 Å². The molecule has 1 N–H and O–H groups in total. The van der Waals surface area contributed by atoms with Gasteiger partial charge >= 0.3 is 5.97 Å². The first-order valence-electron chi connectivity index (χ1n) is 9.69. The van der Waals surface area contributed by atoms with Crippen LogP contribution >= 0.6 is 11.8 Å². The number of thioether (sulfide) groups is 1. The van der Waals surface area contributed by atoms with Gasteiger partial charge in [-0.15, -0.1) is 11.8 Å². The second kappa shape index (κ2) is 9.28. The Morgan fingerprint density at radius 1 is 1.07 bits per heavy atom. The van der Waals surface area contributed by atoms with Crippen LogP contribution in [0, 0.1) is 13.8 Å². The molecule has 1 aliphatic rings. The third-order valence-corrected chi connectivity index (χ3v) is 6.17. The molecular formula is C23H27NO3S. The van der Waals surface area contributed by atoms with Gasteiger partial charge in [0.1, 0.15) is 0 Å². The third-order valence-electron chi connectivity index (χ3n) is 5.20. The Kier molecular flexibility index (Phi) is 6.79. The lowest BCUT2D eigenvalue weighted by Crippen LogP contribution is -2.31. The number of rotatable bonds is 7. The number of carbonyl (C=O) groups excluding carboxylic acids is 2. The van der Waals surface area contributed by atoms with E-state index in [0.29, 0.717) is 0 Å². The normalized spacial score (nSPS) is 13.7. The molecule has 0 bridgehead atoms. The summed E-state index contributed by atoms with van der Waals surface area (Å²) in [4.78, 5) is 25.1. The molecule has 0 heterocycles. The Hall–Kier alpha value is -2.27. The van der Waals surface area contributed by atoms with Crippen LogP contribution in [-0.4, -0.2) is 24.2 Å². The fourth-order valence-electron chi connectivity index (χ4n) is 3.37. The zero-order valence-electron chi connectivity index (χ0n) is 16.7. The average molecular weight is 398 g/mol. The predicted molar refractivity (Wildman–Crippen MR) is 113 cm³/mol. The van der Waals surface area contributed by atoms with E-state index >= 15 is 0 Å². The Morgan fingerprint density at radius 3 is 2.64 bits per heavy atom. The highest BCUT2D eigenvalue weighted by Crippen LogP contribution is 2.27. The molecule has 0 radical (unpaired) electrons. The summed E-state index contributed by atoms with van der Waals surface area (Å²) in [6.07, 6.45) is 3.48. The molecule has 0 aromatic heterocycles. The lowest BCUT2D eigenvalue weighted by atomic mass is 10.0. The molecule has 0 fully saturated rings. The molecule has 1 amide bonds. The summed E-state index contributed by atoms with van der Waals surface area (Å²) < 4.78 is 5.13. The van der Waals surface area contributed by atoms with Gasteiger partial charge in [0.05, 0.1) is 11.8 Å². The van der Waals surface area contributed by atoms with Crippen molar-refractivity contribution in [1.29, 1.82) is 0 Å². The van der Waals surface area contributed by atoms with Crippen molar-refractivity contribution in [1.82, 2.24) is 5.32 Å². The van der Waals surface area contributed by atoms with Gasteiger partial charge in [0.25, 0.3) is 5.91 Å². The van der Waals surface area contributed by atoms with Crippen molar-refractivity contribution < 1.29 is 14.3 Å². The van der Waals surface area contributed by atoms with Gasteiger partial charge in [-0.2, -0.15) is 0 Å². The van der Waals surface area contributed by atoms with Gasteiger partial charge in [0.2, 0.25) is 0 Å². The fraction of sp³-hybridized carbons (Fsp3) is 0.391.